The van der Waals surface area contributed by atoms with Crippen molar-refractivity contribution in [3.05, 3.63) is 30.1 Å². The van der Waals surface area contributed by atoms with Gasteiger partial charge in [0.1, 0.15) is 0 Å². The largest absolute Gasteiger partial charge is 0.345 e. The predicted octanol–water partition coefficient (Wildman–Crippen LogP) is 1.85. The van der Waals surface area contributed by atoms with Crippen molar-refractivity contribution in [1.82, 2.24) is 9.88 Å². The van der Waals surface area contributed by atoms with E-state index in [0.29, 0.717) is 12.5 Å². The van der Waals surface area contributed by atoms with E-state index in [1.165, 1.54) is 6.42 Å². The van der Waals surface area contributed by atoms with Gasteiger partial charge in [-0.25, -0.2) is 0 Å². The van der Waals surface area contributed by atoms with Crippen LogP contribution in [0.15, 0.2) is 24.4 Å². The van der Waals surface area contributed by atoms with Crippen molar-refractivity contribution < 1.29 is 4.79 Å². The molecule has 2 rings (SSSR count). The standard InChI is InChI=1S/C16H25N3O/c1-19(11-9-14-7-4-5-10-18-14)16(20)15-8-3-2-6-13(15)12-17/h4-5,7,10,13,15H,2-3,6,8-9,11-12,17H2,1H3. The van der Waals surface area contributed by atoms with Crippen LogP contribution in [0.3, 0.4) is 0 Å². The molecule has 1 saturated carbocycles. The maximum absolute atomic E-state index is 12.5. The predicted molar refractivity (Wildman–Crippen MR) is 80.1 cm³/mol. The van der Waals surface area contributed by atoms with Gasteiger partial charge in [0.05, 0.1) is 0 Å². The minimum atomic E-state index is 0.127. The van der Waals surface area contributed by atoms with Crippen LogP contribution < -0.4 is 5.73 Å². The summed E-state index contributed by atoms with van der Waals surface area (Å²) in [5, 5.41) is 0. The minimum absolute atomic E-state index is 0.127. The first-order valence-electron chi connectivity index (χ1n) is 7.57. The molecule has 0 radical (unpaired) electrons. The topological polar surface area (TPSA) is 59.2 Å². The molecule has 4 heteroatoms. The average Bonchev–Trinajstić information content (AvgIpc) is 2.52. The Labute approximate surface area is 121 Å². The Kier molecular flexibility index (Phi) is 5.53. The number of hydrogen-bond acceptors (Lipinski definition) is 3. The fourth-order valence-corrected chi connectivity index (χ4v) is 3.04. The molecular formula is C16H25N3O. The lowest BCUT2D eigenvalue weighted by Crippen LogP contribution is -2.41. The Morgan fingerprint density at radius 1 is 1.40 bits per heavy atom. The second-order valence-corrected chi connectivity index (χ2v) is 5.72. The number of nitrogens with two attached hydrogens (primary N) is 1. The highest BCUT2D eigenvalue weighted by Crippen LogP contribution is 2.30. The molecule has 1 fully saturated rings. The quantitative estimate of drug-likeness (QED) is 0.892. The maximum atomic E-state index is 12.5. The first kappa shape index (κ1) is 15.0. The van der Waals surface area contributed by atoms with E-state index in [2.05, 4.69) is 4.98 Å². The third kappa shape index (κ3) is 3.79. The fraction of sp³-hybridized carbons (Fsp3) is 0.625. The molecule has 1 aliphatic rings. The highest BCUT2D eigenvalue weighted by atomic mass is 16.2. The van der Waals surface area contributed by atoms with Crippen molar-refractivity contribution in [3.8, 4) is 0 Å². The van der Waals surface area contributed by atoms with Gasteiger partial charge in [0.2, 0.25) is 5.91 Å². The van der Waals surface area contributed by atoms with Crippen molar-refractivity contribution in [1.29, 1.82) is 0 Å². The lowest BCUT2D eigenvalue weighted by atomic mass is 9.78. The molecule has 20 heavy (non-hydrogen) atoms. The molecule has 1 aromatic rings. The van der Waals surface area contributed by atoms with Crippen LogP contribution in [0.2, 0.25) is 0 Å². The van der Waals surface area contributed by atoms with Crippen LogP contribution in [-0.2, 0) is 11.2 Å². The molecule has 110 valence electrons. The minimum Gasteiger partial charge on any atom is -0.345 e. The maximum Gasteiger partial charge on any atom is 0.225 e. The van der Waals surface area contributed by atoms with Gasteiger partial charge in [-0.3, -0.25) is 9.78 Å². The van der Waals surface area contributed by atoms with Crippen LogP contribution in [0.4, 0.5) is 0 Å². The summed E-state index contributed by atoms with van der Waals surface area (Å²) in [6.07, 6.45) is 7.06. The summed E-state index contributed by atoms with van der Waals surface area (Å²) in [7, 11) is 1.90. The average molecular weight is 275 g/mol. The molecule has 2 unspecified atom stereocenters. The summed E-state index contributed by atoms with van der Waals surface area (Å²) in [5.41, 5.74) is 6.85. The number of pyridine rings is 1. The first-order chi connectivity index (χ1) is 9.72. The Hall–Kier alpha value is -1.42. The Morgan fingerprint density at radius 3 is 2.90 bits per heavy atom. The van der Waals surface area contributed by atoms with Gasteiger partial charge < -0.3 is 10.6 Å². The second kappa shape index (κ2) is 7.39. The number of aromatic nitrogens is 1. The number of carbonyl (C=O) groups excluding carboxylic acids is 1. The van der Waals surface area contributed by atoms with E-state index >= 15 is 0 Å². The van der Waals surface area contributed by atoms with Crippen molar-refractivity contribution in [3.63, 3.8) is 0 Å². The van der Waals surface area contributed by atoms with Crippen molar-refractivity contribution >= 4 is 5.91 Å². The van der Waals surface area contributed by atoms with Gasteiger partial charge in [0, 0.05) is 37.8 Å². The van der Waals surface area contributed by atoms with Crippen molar-refractivity contribution in [2.45, 2.75) is 32.1 Å². The van der Waals surface area contributed by atoms with Crippen molar-refractivity contribution in [2.75, 3.05) is 20.1 Å². The van der Waals surface area contributed by atoms with Crippen LogP contribution in [0.1, 0.15) is 31.4 Å². The zero-order chi connectivity index (χ0) is 14.4. The number of likely N-dealkylation sites (N-methyl/N-ethyl adjacent to an activating group) is 1. The summed E-state index contributed by atoms with van der Waals surface area (Å²) < 4.78 is 0. The molecule has 2 atom stereocenters. The molecule has 2 N–H and O–H groups in total. The van der Waals surface area contributed by atoms with Gasteiger partial charge >= 0.3 is 0 Å². The molecule has 1 aromatic heterocycles. The molecule has 0 bridgehead atoms. The van der Waals surface area contributed by atoms with E-state index in [0.717, 1.165) is 37.9 Å². The van der Waals surface area contributed by atoms with Gasteiger partial charge in [-0.15, -0.1) is 0 Å². The van der Waals surface area contributed by atoms with Gasteiger partial charge in [0.15, 0.2) is 0 Å². The van der Waals surface area contributed by atoms with E-state index in [1.807, 2.05) is 30.1 Å². The molecule has 0 aromatic carbocycles. The van der Waals surface area contributed by atoms with Gasteiger partial charge in [-0.05, 0) is 37.4 Å². The molecule has 0 aliphatic heterocycles. The number of rotatable bonds is 5. The Balaban J connectivity index is 1.87. The highest BCUT2D eigenvalue weighted by molar-refractivity contribution is 5.79. The molecule has 1 aliphatic carbocycles. The van der Waals surface area contributed by atoms with E-state index in [4.69, 9.17) is 5.73 Å². The molecular weight excluding hydrogens is 250 g/mol. The lowest BCUT2D eigenvalue weighted by molar-refractivity contribution is -0.137. The van der Waals surface area contributed by atoms with Gasteiger partial charge in [0.25, 0.3) is 0 Å². The van der Waals surface area contributed by atoms with Crippen LogP contribution >= 0.6 is 0 Å². The number of hydrogen-bond donors (Lipinski definition) is 1. The molecule has 1 amide bonds. The van der Waals surface area contributed by atoms with E-state index in [9.17, 15) is 4.79 Å². The van der Waals surface area contributed by atoms with Gasteiger partial charge in [-0.2, -0.15) is 0 Å². The van der Waals surface area contributed by atoms with E-state index in [-0.39, 0.29) is 11.8 Å². The summed E-state index contributed by atoms with van der Waals surface area (Å²) in [6, 6.07) is 5.89. The fourth-order valence-electron chi connectivity index (χ4n) is 3.04. The molecule has 0 spiro atoms. The van der Waals surface area contributed by atoms with Crippen molar-refractivity contribution in [2.24, 2.45) is 17.6 Å². The normalized spacial score (nSPS) is 22.5. The Morgan fingerprint density at radius 2 is 2.20 bits per heavy atom. The number of amides is 1. The monoisotopic (exact) mass is 275 g/mol. The summed E-state index contributed by atoms with van der Waals surface area (Å²) in [6.45, 7) is 1.36. The number of carbonyl (C=O) groups is 1. The SMILES string of the molecule is CN(CCc1ccccn1)C(=O)C1CCCCC1CN. The highest BCUT2D eigenvalue weighted by Gasteiger charge is 2.31. The van der Waals surface area contributed by atoms with E-state index in [1.54, 1.807) is 6.20 Å². The van der Waals surface area contributed by atoms with Crippen LogP contribution in [0, 0.1) is 11.8 Å². The smallest absolute Gasteiger partial charge is 0.225 e. The Bertz CT molecular complexity index is 421. The third-order valence-corrected chi connectivity index (χ3v) is 4.33. The molecule has 4 nitrogen and oxygen atoms in total. The number of nitrogens with zero attached hydrogens (tertiary/aromatic N) is 2. The zero-order valence-corrected chi connectivity index (χ0v) is 12.3. The second-order valence-electron chi connectivity index (χ2n) is 5.72. The van der Waals surface area contributed by atoms with Crippen LogP contribution in [0.5, 0.6) is 0 Å². The van der Waals surface area contributed by atoms with Gasteiger partial charge in [-0.1, -0.05) is 18.9 Å². The van der Waals surface area contributed by atoms with Crippen LogP contribution in [0.25, 0.3) is 0 Å². The molecule has 0 saturated heterocycles. The first-order valence-corrected chi connectivity index (χ1v) is 7.57. The lowest BCUT2D eigenvalue weighted by Gasteiger charge is -2.32. The molecule has 1 heterocycles. The van der Waals surface area contributed by atoms with E-state index < -0.39 is 0 Å². The zero-order valence-electron chi connectivity index (χ0n) is 12.3. The summed E-state index contributed by atoms with van der Waals surface area (Å²) in [4.78, 5) is 18.7. The summed E-state index contributed by atoms with van der Waals surface area (Å²) >= 11 is 0. The van der Waals surface area contributed by atoms with Crippen LogP contribution in [-0.4, -0.2) is 35.9 Å². The summed E-state index contributed by atoms with van der Waals surface area (Å²) in [5.74, 6) is 0.757. The third-order valence-electron chi connectivity index (χ3n) is 4.33.